The Morgan fingerprint density at radius 1 is 0.857 bits per heavy atom. The highest BCUT2D eigenvalue weighted by Crippen LogP contribution is 2.53. The Morgan fingerprint density at radius 3 is 2.29 bits per heavy atom. The number of hydrogen-bond acceptors (Lipinski definition) is 5. The zero-order valence-corrected chi connectivity index (χ0v) is 21.7. The molecule has 2 bridgehead atoms. The molecule has 2 heterocycles. The van der Waals surface area contributed by atoms with E-state index in [2.05, 4.69) is 36.1 Å². The molecule has 3 atom stereocenters. The maximum atomic E-state index is 6.71. The molecule has 3 saturated carbocycles. The van der Waals surface area contributed by atoms with E-state index in [4.69, 9.17) is 19.2 Å². The van der Waals surface area contributed by atoms with E-state index < -0.39 is 11.6 Å². The maximum absolute atomic E-state index is 6.71. The van der Waals surface area contributed by atoms with Gasteiger partial charge in [0.15, 0.2) is 0 Å². The van der Waals surface area contributed by atoms with Gasteiger partial charge in [-0.3, -0.25) is 4.90 Å². The first-order chi connectivity index (χ1) is 17.1. The van der Waals surface area contributed by atoms with Crippen molar-refractivity contribution in [2.24, 2.45) is 17.8 Å². The van der Waals surface area contributed by atoms with Gasteiger partial charge in [0.05, 0.1) is 0 Å². The number of fused-ring (bicyclic) bond motifs is 2. The van der Waals surface area contributed by atoms with E-state index in [9.17, 15) is 0 Å². The number of nitrogens with zero attached hydrogens (tertiary/aromatic N) is 1. The van der Waals surface area contributed by atoms with Crippen LogP contribution in [-0.4, -0.2) is 42.7 Å². The molecule has 35 heavy (non-hydrogen) atoms. The lowest BCUT2D eigenvalue weighted by Crippen LogP contribution is -2.45. The largest absolute Gasteiger partial charge is 0.492 e. The summed E-state index contributed by atoms with van der Waals surface area (Å²) < 4.78 is 12.7. The van der Waals surface area contributed by atoms with Crippen molar-refractivity contribution in [3.63, 3.8) is 0 Å². The van der Waals surface area contributed by atoms with Crippen LogP contribution in [0.3, 0.4) is 0 Å². The van der Waals surface area contributed by atoms with Gasteiger partial charge in [-0.1, -0.05) is 37.8 Å². The summed E-state index contributed by atoms with van der Waals surface area (Å²) in [7, 11) is 0. The second-order valence-electron chi connectivity index (χ2n) is 12.4. The number of ether oxygens (including phenoxy) is 2. The summed E-state index contributed by atoms with van der Waals surface area (Å²) in [5, 5.41) is 0. The number of piperidine rings is 1. The van der Waals surface area contributed by atoms with Gasteiger partial charge in [0.25, 0.3) is 0 Å². The van der Waals surface area contributed by atoms with Crippen molar-refractivity contribution in [3.8, 4) is 5.75 Å². The molecule has 0 N–H and O–H groups in total. The lowest BCUT2D eigenvalue weighted by atomic mass is 9.66. The Morgan fingerprint density at radius 2 is 1.57 bits per heavy atom. The molecule has 6 rings (SSSR count). The van der Waals surface area contributed by atoms with Crippen LogP contribution in [0.4, 0.5) is 0 Å². The van der Waals surface area contributed by atoms with Crippen LogP contribution >= 0.6 is 0 Å². The molecule has 2 unspecified atom stereocenters. The summed E-state index contributed by atoms with van der Waals surface area (Å²) in [6.45, 7) is 6.41. The summed E-state index contributed by atoms with van der Waals surface area (Å²) in [5.74, 6) is 2.61. The van der Waals surface area contributed by atoms with Crippen LogP contribution in [0.25, 0.3) is 0 Å². The highest BCUT2D eigenvalue weighted by Gasteiger charge is 2.56. The maximum Gasteiger partial charge on any atom is 0.204 e. The van der Waals surface area contributed by atoms with Gasteiger partial charge in [0.2, 0.25) is 11.6 Å². The Labute approximate surface area is 211 Å². The second-order valence-corrected chi connectivity index (χ2v) is 12.4. The van der Waals surface area contributed by atoms with Crippen LogP contribution in [0.2, 0.25) is 0 Å². The molecule has 0 aromatic heterocycles. The standard InChI is InChI=1S/C30H45NO4/c1-29(27-21-23-6-5-7-24(20-23)22-27)33-30(35-34-29)14-12-26(13-15-30)25-8-10-28(11-9-25)32-19-18-31-16-3-2-4-17-31/h8-11,23-24,26-27H,2-7,12-22H2,1H3/t23?,24?,26?,27?,29-,30?/m0/s1. The number of hydrogen-bond donors (Lipinski definition) is 0. The lowest BCUT2D eigenvalue weighted by molar-refractivity contribution is -0.361. The van der Waals surface area contributed by atoms with Crippen LogP contribution in [0, 0.1) is 17.8 Å². The normalized spacial score (nSPS) is 40.1. The Balaban J connectivity index is 0.985. The molecule has 1 aromatic rings. The Kier molecular flexibility index (Phi) is 7.14. The van der Waals surface area contributed by atoms with Crippen molar-refractivity contribution in [3.05, 3.63) is 29.8 Å². The molecule has 0 radical (unpaired) electrons. The summed E-state index contributed by atoms with van der Waals surface area (Å²) in [4.78, 5) is 14.6. The number of benzene rings is 1. The summed E-state index contributed by atoms with van der Waals surface area (Å²) >= 11 is 0. The van der Waals surface area contributed by atoms with Crippen LogP contribution < -0.4 is 4.74 Å². The van der Waals surface area contributed by atoms with Crippen molar-refractivity contribution in [2.75, 3.05) is 26.2 Å². The minimum Gasteiger partial charge on any atom is -0.492 e. The van der Waals surface area contributed by atoms with Crippen LogP contribution in [0.5, 0.6) is 5.75 Å². The van der Waals surface area contributed by atoms with Gasteiger partial charge in [0, 0.05) is 25.3 Å². The molecule has 1 aromatic carbocycles. The predicted molar refractivity (Wildman–Crippen MR) is 136 cm³/mol. The molecule has 5 heteroatoms. The minimum atomic E-state index is -0.575. The monoisotopic (exact) mass is 483 g/mol. The first kappa shape index (κ1) is 24.2. The van der Waals surface area contributed by atoms with Gasteiger partial charge < -0.3 is 9.47 Å². The molecular weight excluding hydrogens is 438 g/mol. The zero-order chi connectivity index (χ0) is 23.7. The van der Waals surface area contributed by atoms with E-state index in [1.54, 1.807) is 0 Å². The third-order valence-electron chi connectivity index (χ3n) is 9.84. The predicted octanol–water partition coefficient (Wildman–Crippen LogP) is 6.82. The summed E-state index contributed by atoms with van der Waals surface area (Å²) in [5.41, 5.74) is 1.41. The molecule has 0 amide bonds. The average molecular weight is 484 g/mol. The van der Waals surface area contributed by atoms with E-state index in [0.717, 1.165) is 56.4 Å². The van der Waals surface area contributed by atoms with Crippen LogP contribution in [0.1, 0.15) is 102 Å². The molecular formula is C30H45NO4. The minimum absolute atomic E-state index is 0.464. The lowest BCUT2D eigenvalue weighted by Gasteiger charge is -2.44. The molecule has 1 spiro atoms. The van der Waals surface area contributed by atoms with Crippen molar-refractivity contribution in [1.29, 1.82) is 0 Å². The van der Waals surface area contributed by atoms with Gasteiger partial charge in [-0.05, 0) is 100 Å². The van der Waals surface area contributed by atoms with Crippen molar-refractivity contribution >= 4 is 0 Å². The van der Waals surface area contributed by atoms with Gasteiger partial charge >= 0.3 is 0 Å². The fourth-order valence-electron chi connectivity index (χ4n) is 7.76. The Hall–Kier alpha value is -1.14. The van der Waals surface area contributed by atoms with Gasteiger partial charge in [0.1, 0.15) is 12.4 Å². The molecule has 5 aliphatic rings. The third kappa shape index (κ3) is 5.44. The van der Waals surface area contributed by atoms with E-state index in [1.807, 2.05) is 0 Å². The first-order valence-corrected chi connectivity index (χ1v) is 14.6. The molecule has 2 aliphatic heterocycles. The summed E-state index contributed by atoms with van der Waals surface area (Å²) in [6, 6.07) is 8.82. The fourth-order valence-corrected chi connectivity index (χ4v) is 7.76. The third-order valence-corrected chi connectivity index (χ3v) is 9.84. The Bertz CT molecular complexity index is 817. The van der Waals surface area contributed by atoms with E-state index in [0.29, 0.717) is 11.8 Å². The molecule has 5 fully saturated rings. The second kappa shape index (κ2) is 10.3. The van der Waals surface area contributed by atoms with Crippen LogP contribution in [-0.2, 0) is 14.5 Å². The smallest absolute Gasteiger partial charge is 0.204 e. The SMILES string of the molecule is C[C@@]1(C2CC3CCCC(C3)C2)OOC2(CCC(c3ccc(OCCN4CCCCC4)cc3)CC2)O1. The quantitative estimate of drug-likeness (QED) is 0.415. The van der Waals surface area contributed by atoms with Gasteiger partial charge in [-0.15, -0.1) is 0 Å². The van der Waals surface area contributed by atoms with Gasteiger partial charge in [-0.25, -0.2) is 0 Å². The zero-order valence-electron chi connectivity index (χ0n) is 21.7. The molecule has 194 valence electrons. The highest BCUT2D eigenvalue weighted by atomic mass is 17.3. The molecule has 2 saturated heterocycles. The van der Waals surface area contributed by atoms with Crippen molar-refractivity contribution in [2.45, 2.75) is 108 Å². The first-order valence-electron chi connectivity index (χ1n) is 14.6. The van der Waals surface area contributed by atoms with Gasteiger partial charge in [-0.2, -0.15) is 9.78 Å². The van der Waals surface area contributed by atoms with Crippen molar-refractivity contribution in [1.82, 2.24) is 4.90 Å². The summed E-state index contributed by atoms with van der Waals surface area (Å²) in [6.07, 6.45) is 16.1. The number of rotatable bonds is 6. The van der Waals surface area contributed by atoms with E-state index >= 15 is 0 Å². The van der Waals surface area contributed by atoms with Crippen molar-refractivity contribution < 1.29 is 19.2 Å². The number of likely N-dealkylation sites (tertiary alicyclic amines) is 1. The molecule has 5 nitrogen and oxygen atoms in total. The fraction of sp³-hybridized carbons (Fsp3) is 0.800. The topological polar surface area (TPSA) is 40.2 Å². The average Bonchev–Trinajstić information content (AvgIpc) is 3.22. The van der Waals surface area contributed by atoms with Crippen LogP contribution in [0.15, 0.2) is 24.3 Å². The molecule has 3 aliphatic carbocycles. The highest BCUT2D eigenvalue weighted by molar-refractivity contribution is 5.30. The van der Waals surface area contributed by atoms with E-state index in [1.165, 1.54) is 76.4 Å². The van der Waals surface area contributed by atoms with E-state index in [-0.39, 0.29) is 0 Å².